The van der Waals surface area contributed by atoms with Gasteiger partial charge in [-0.15, -0.1) is 12.4 Å². The minimum absolute atomic E-state index is 0. The molecule has 1 saturated carbocycles. The van der Waals surface area contributed by atoms with E-state index < -0.39 is 0 Å². The second-order valence-electron chi connectivity index (χ2n) is 4.59. The number of hydrogen-bond donors (Lipinski definition) is 3. The van der Waals surface area contributed by atoms with Gasteiger partial charge in [-0.1, -0.05) is 12.8 Å². The molecule has 0 aromatic carbocycles. The van der Waals surface area contributed by atoms with E-state index in [2.05, 4.69) is 10.6 Å². The van der Waals surface area contributed by atoms with Gasteiger partial charge in [0.05, 0.1) is 19.3 Å². The van der Waals surface area contributed by atoms with E-state index in [-0.39, 0.29) is 30.3 Å². The van der Waals surface area contributed by atoms with Crippen LogP contribution in [0.2, 0.25) is 0 Å². The lowest BCUT2D eigenvalue weighted by Crippen LogP contribution is -2.40. The molecule has 6 heteroatoms. The van der Waals surface area contributed by atoms with Crippen LogP contribution < -0.4 is 10.6 Å². The fraction of sp³-hybridized carbons (Fsp3) is 0.917. The van der Waals surface area contributed by atoms with E-state index >= 15 is 0 Å². The summed E-state index contributed by atoms with van der Waals surface area (Å²) >= 11 is 0. The van der Waals surface area contributed by atoms with Crippen molar-refractivity contribution < 1.29 is 14.6 Å². The van der Waals surface area contributed by atoms with Crippen LogP contribution in [0.25, 0.3) is 0 Å². The van der Waals surface area contributed by atoms with Gasteiger partial charge in [-0.25, -0.2) is 0 Å². The van der Waals surface area contributed by atoms with Crippen LogP contribution in [0.15, 0.2) is 0 Å². The van der Waals surface area contributed by atoms with E-state index in [1.54, 1.807) is 7.11 Å². The van der Waals surface area contributed by atoms with Gasteiger partial charge in [0.2, 0.25) is 5.91 Å². The van der Waals surface area contributed by atoms with Crippen molar-refractivity contribution in [1.29, 1.82) is 0 Å². The number of ether oxygens (including phenoxy) is 1. The van der Waals surface area contributed by atoms with Gasteiger partial charge in [-0.05, 0) is 12.8 Å². The van der Waals surface area contributed by atoms with Crippen LogP contribution in [0, 0.1) is 5.92 Å². The van der Waals surface area contributed by atoms with Crippen LogP contribution in [0.3, 0.4) is 0 Å². The van der Waals surface area contributed by atoms with Gasteiger partial charge in [-0.2, -0.15) is 0 Å². The summed E-state index contributed by atoms with van der Waals surface area (Å²) in [5.41, 5.74) is 0. The first-order valence-corrected chi connectivity index (χ1v) is 6.38. The average molecular weight is 281 g/mol. The number of aliphatic hydroxyl groups is 1. The molecule has 1 amide bonds. The van der Waals surface area contributed by atoms with Gasteiger partial charge in [-0.3, -0.25) is 4.79 Å². The predicted octanol–water partition coefficient (Wildman–Crippen LogP) is 0.311. The molecule has 0 heterocycles. The molecule has 0 aromatic rings. The van der Waals surface area contributed by atoms with Crippen LogP contribution in [-0.2, 0) is 9.53 Å². The quantitative estimate of drug-likeness (QED) is 0.587. The fourth-order valence-corrected chi connectivity index (χ4v) is 2.11. The summed E-state index contributed by atoms with van der Waals surface area (Å²) in [6.45, 7) is 2.18. The molecule has 0 aromatic heterocycles. The van der Waals surface area contributed by atoms with Crippen molar-refractivity contribution in [3.8, 4) is 0 Å². The van der Waals surface area contributed by atoms with Crippen molar-refractivity contribution in [3.05, 3.63) is 0 Å². The van der Waals surface area contributed by atoms with Crippen LogP contribution >= 0.6 is 12.4 Å². The van der Waals surface area contributed by atoms with Crippen molar-refractivity contribution in [2.24, 2.45) is 5.92 Å². The van der Waals surface area contributed by atoms with Crippen LogP contribution in [-0.4, -0.2) is 50.5 Å². The first-order chi connectivity index (χ1) is 8.24. The smallest absolute Gasteiger partial charge is 0.233 e. The van der Waals surface area contributed by atoms with Crippen LogP contribution in [0.5, 0.6) is 0 Å². The lowest BCUT2D eigenvalue weighted by Gasteiger charge is -2.27. The van der Waals surface area contributed by atoms with Gasteiger partial charge in [0.15, 0.2) is 0 Å². The summed E-state index contributed by atoms with van der Waals surface area (Å²) in [6.07, 6.45) is 3.89. The maximum Gasteiger partial charge on any atom is 0.233 e. The summed E-state index contributed by atoms with van der Waals surface area (Å²) in [7, 11) is 1.63. The Labute approximate surface area is 115 Å². The largest absolute Gasteiger partial charge is 0.393 e. The minimum Gasteiger partial charge on any atom is -0.393 e. The second-order valence-corrected chi connectivity index (χ2v) is 4.59. The molecule has 108 valence electrons. The topological polar surface area (TPSA) is 70.6 Å². The molecule has 2 atom stereocenters. The number of nitrogens with one attached hydrogen (secondary N) is 2. The van der Waals surface area contributed by atoms with Gasteiger partial charge in [0.25, 0.3) is 0 Å². The molecule has 0 aliphatic heterocycles. The zero-order valence-electron chi connectivity index (χ0n) is 11.0. The Hall–Kier alpha value is -0.360. The van der Waals surface area contributed by atoms with Gasteiger partial charge >= 0.3 is 0 Å². The first kappa shape index (κ1) is 17.6. The third kappa shape index (κ3) is 7.16. The molecule has 0 saturated heterocycles. The van der Waals surface area contributed by atoms with E-state index in [0.29, 0.717) is 26.2 Å². The van der Waals surface area contributed by atoms with Crippen LogP contribution in [0.4, 0.5) is 0 Å². The molecule has 0 bridgehead atoms. The maximum atomic E-state index is 11.5. The number of hydrogen-bond acceptors (Lipinski definition) is 4. The molecule has 3 N–H and O–H groups in total. The Morgan fingerprint density at radius 1 is 1.39 bits per heavy atom. The first-order valence-electron chi connectivity index (χ1n) is 6.38. The molecule has 1 fully saturated rings. The summed E-state index contributed by atoms with van der Waals surface area (Å²) in [5.74, 6) is 0.213. The molecule has 1 rings (SSSR count). The molecule has 0 spiro atoms. The summed E-state index contributed by atoms with van der Waals surface area (Å²) < 4.78 is 4.87. The number of amides is 1. The van der Waals surface area contributed by atoms with E-state index in [1.165, 1.54) is 0 Å². The molecule has 1 aliphatic rings. The Kier molecular flexibility index (Phi) is 10.3. The van der Waals surface area contributed by atoms with E-state index in [1.807, 2.05) is 0 Å². The Balaban J connectivity index is 0.00000289. The van der Waals surface area contributed by atoms with E-state index in [0.717, 1.165) is 25.7 Å². The molecule has 0 radical (unpaired) electrons. The number of rotatable bonds is 7. The van der Waals surface area contributed by atoms with Crippen molar-refractivity contribution in [2.45, 2.75) is 31.8 Å². The highest BCUT2D eigenvalue weighted by atomic mass is 35.5. The normalized spacial score (nSPS) is 23.2. The van der Waals surface area contributed by atoms with Crippen molar-refractivity contribution >= 4 is 18.3 Å². The predicted molar refractivity (Wildman–Crippen MR) is 73.0 cm³/mol. The molecular weight excluding hydrogens is 256 g/mol. The standard InChI is InChI=1S/C12H24N2O3.ClH/c1-17-7-6-13-9-12(16)14-8-10-4-2-3-5-11(10)15;/h10-11,13,15H,2-9H2,1H3,(H,14,16);1H. The zero-order valence-corrected chi connectivity index (χ0v) is 11.8. The van der Waals surface area contributed by atoms with Crippen LogP contribution in [0.1, 0.15) is 25.7 Å². The second kappa shape index (κ2) is 10.6. The average Bonchev–Trinajstić information content (AvgIpc) is 2.34. The maximum absolute atomic E-state index is 11.5. The van der Waals surface area contributed by atoms with Crippen molar-refractivity contribution in [1.82, 2.24) is 10.6 Å². The molecule has 2 unspecified atom stereocenters. The monoisotopic (exact) mass is 280 g/mol. The molecule has 18 heavy (non-hydrogen) atoms. The fourth-order valence-electron chi connectivity index (χ4n) is 2.11. The lowest BCUT2D eigenvalue weighted by molar-refractivity contribution is -0.120. The SMILES string of the molecule is COCCNCC(=O)NCC1CCCCC1O.Cl. The third-order valence-electron chi connectivity index (χ3n) is 3.20. The van der Waals surface area contributed by atoms with Gasteiger partial charge < -0.3 is 20.5 Å². The number of methoxy groups -OCH3 is 1. The Morgan fingerprint density at radius 2 is 2.11 bits per heavy atom. The summed E-state index contributed by atoms with van der Waals surface area (Å²) in [4.78, 5) is 11.5. The van der Waals surface area contributed by atoms with Crippen molar-refractivity contribution in [2.75, 3.05) is 33.4 Å². The minimum atomic E-state index is -0.245. The summed E-state index contributed by atoms with van der Waals surface area (Å²) in [5, 5.41) is 15.6. The highest BCUT2D eigenvalue weighted by Crippen LogP contribution is 2.23. The van der Waals surface area contributed by atoms with Crippen molar-refractivity contribution in [3.63, 3.8) is 0 Å². The highest BCUT2D eigenvalue weighted by Gasteiger charge is 2.22. The molecule has 5 nitrogen and oxygen atoms in total. The summed E-state index contributed by atoms with van der Waals surface area (Å²) in [6, 6.07) is 0. The Bertz CT molecular complexity index is 229. The highest BCUT2D eigenvalue weighted by molar-refractivity contribution is 5.85. The Morgan fingerprint density at radius 3 is 2.78 bits per heavy atom. The third-order valence-corrected chi connectivity index (χ3v) is 3.20. The van der Waals surface area contributed by atoms with E-state index in [9.17, 15) is 9.90 Å². The number of carbonyl (C=O) groups is 1. The zero-order chi connectivity index (χ0) is 12.5. The lowest BCUT2D eigenvalue weighted by atomic mass is 9.86. The van der Waals surface area contributed by atoms with Gasteiger partial charge in [0.1, 0.15) is 0 Å². The number of aliphatic hydroxyl groups excluding tert-OH is 1. The number of halogens is 1. The molecular formula is C12H25ClN2O3. The molecule has 1 aliphatic carbocycles. The number of carbonyl (C=O) groups excluding carboxylic acids is 1. The van der Waals surface area contributed by atoms with Gasteiger partial charge in [0, 0.05) is 26.1 Å². The van der Waals surface area contributed by atoms with E-state index in [4.69, 9.17) is 4.74 Å².